The minimum absolute atomic E-state index is 0.0506. The van der Waals surface area contributed by atoms with Gasteiger partial charge in [0.2, 0.25) is 0 Å². The molecule has 10 heteroatoms. The first-order valence-electron chi connectivity index (χ1n) is 7.60. The van der Waals surface area contributed by atoms with Gasteiger partial charge in [-0.3, -0.25) is 24.3 Å². The molecule has 0 saturated carbocycles. The van der Waals surface area contributed by atoms with Crippen molar-refractivity contribution in [3.63, 3.8) is 0 Å². The van der Waals surface area contributed by atoms with Crippen molar-refractivity contribution in [2.24, 2.45) is 0 Å². The molecule has 27 heavy (non-hydrogen) atoms. The zero-order valence-electron chi connectivity index (χ0n) is 14.6. The average molecular weight is 373 g/mol. The number of nitrogens with zero attached hydrogens (tertiary/aromatic N) is 1. The number of nitrogens with one attached hydrogen (secondary N) is 1. The summed E-state index contributed by atoms with van der Waals surface area (Å²) in [7, 11) is 3.89. The minimum Gasteiger partial charge on any atom is -0.493 e. The predicted octanol–water partition coefficient (Wildman–Crippen LogP) is 0.107. The van der Waals surface area contributed by atoms with Gasteiger partial charge in [-0.15, -0.1) is 0 Å². The van der Waals surface area contributed by atoms with Gasteiger partial charge in [0.05, 0.1) is 43.7 Å². The van der Waals surface area contributed by atoms with Gasteiger partial charge >= 0.3 is 5.97 Å². The Kier molecular flexibility index (Phi) is 4.32. The zero-order valence-corrected chi connectivity index (χ0v) is 14.6. The molecule has 10 nitrogen and oxygen atoms in total. The maximum Gasteiger partial charge on any atom is 0.338 e. The Labute approximate surface area is 152 Å². The van der Waals surface area contributed by atoms with Crippen molar-refractivity contribution in [3.05, 3.63) is 45.2 Å². The van der Waals surface area contributed by atoms with E-state index in [2.05, 4.69) is 5.32 Å². The van der Waals surface area contributed by atoms with Gasteiger partial charge < -0.3 is 19.9 Å². The van der Waals surface area contributed by atoms with E-state index in [1.807, 2.05) is 0 Å². The summed E-state index contributed by atoms with van der Waals surface area (Å²) in [6.07, 6.45) is 0. The summed E-state index contributed by atoms with van der Waals surface area (Å²) in [6, 6.07) is 3.67. The van der Waals surface area contributed by atoms with Gasteiger partial charge in [-0.2, -0.15) is 0 Å². The third kappa shape index (κ3) is 2.67. The lowest BCUT2D eigenvalue weighted by Gasteiger charge is -2.18. The highest BCUT2D eigenvalue weighted by atomic mass is 16.5. The minimum atomic E-state index is -0.726. The number of benzene rings is 1. The standard InChI is InChI=1S/C17H15N3O7/c1-25-10-5-7(17(24)27-3)4-9(13(10)26-2)20-11(21)6-8-12(14(20)18)16(23)19-15(8)22/h4-6H,18H2,1-3H3,(H,19,22,23). The average Bonchev–Trinajstić information content (AvgIpc) is 2.93. The van der Waals surface area contributed by atoms with Gasteiger partial charge in [0.15, 0.2) is 11.5 Å². The van der Waals surface area contributed by atoms with E-state index >= 15 is 0 Å². The Balaban J connectivity index is 2.39. The number of amides is 2. The van der Waals surface area contributed by atoms with E-state index in [9.17, 15) is 19.2 Å². The van der Waals surface area contributed by atoms with E-state index in [0.29, 0.717) is 0 Å². The smallest absolute Gasteiger partial charge is 0.338 e. The quantitative estimate of drug-likeness (QED) is 0.568. The van der Waals surface area contributed by atoms with Gasteiger partial charge in [0, 0.05) is 6.07 Å². The molecule has 1 aliphatic rings. The Morgan fingerprint density at radius 1 is 1.04 bits per heavy atom. The van der Waals surface area contributed by atoms with E-state index in [1.54, 1.807) is 0 Å². The van der Waals surface area contributed by atoms with Crippen molar-refractivity contribution in [2.45, 2.75) is 0 Å². The van der Waals surface area contributed by atoms with E-state index in [1.165, 1.54) is 33.5 Å². The summed E-state index contributed by atoms with van der Waals surface area (Å²) in [6.45, 7) is 0. The molecule has 3 N–H and O–H groups in total. The number of rotatable bonds is 4. The summed E-state index contributed by atoms with van der Waals surface area (Å²) < 4.78 is 16.2. The molecule has 1 aromatic heterocycles. The largest absolute Gasteiger partial charge is 0.493 e. The van der Waals surface area contributed by atoms with Crippen LogP contribution in [0, 0.1) is 0 Å². The van der Waals surface area contributed by atoms with Crippen LogP contribution in [0.4, 0.5) is 5.82 Å². The first kappa shape index (κ1) is 18.0. The van der Waals surface area contributed by atoms with Gasteiger partial charge in [-0.05, 0) is 12.1 Å². The van der Waals surface area contributed by atoms with Crippen LogP contribution in [0.15, 0.2) is 23.0 Å². The first-order valence-corrected chi connectivity index (χ1v) is 7.60. The number of carbonyl (C=O) groups excluding carboxylic acids is 3. The van der Waals surface area contributed by atoms with E-state index in [0.717, 1.165) is 10.6 Å². The molecule has 0 spiro atoms. The number of aromatic nitrogens is 1. The molecule has 140 valence electrons. The molecule has 1 aliphatic heterocycles. The van der Waals surface area contributed by atoms with Crippen molar-refractivity contribution in [2.75, 3.05) is 27.1 Å². The Bertz CT molecular complexity index is 1060. The molecular weight excluding hydrogens is 358 g/mol. The van der Waals surface area contributed by atoms with Crippen LogP contribution in [0.25, 0.3) is 5.69 Å². The van der Waals surface area contributed by atoms with Crippen LogP contribution in [0.1, 0.15) is 31.1 Å². The molecule has 0 atom stereocenters. The second kappa shape index (κ2) is 6.48. The maximum absolute atomic E-state index is 12.7. The molecule has 2 aromatic rings. The zero-order chi connectivity index (χ0) is 19.9. The van der Waals surface area contributed by atoms with Crippen molar-refractivity contribution in [1.29, 1.82) is 0 Å². The number of nitrogen functional groups attached to an aromatic ring is 1. The maximum atomic E-state index is 12.7. The molecule has 0 saturated heterocycles. The van der Waals surface area contributed by atoms with Crippen molar-refractivity contribution in [3.8, 4) is 17.2 Å². The number of nitrogens with two attached hydrogens (primary N) is 1. The highest BCUT2D eigenvalue weighted by Gasteiger charge is 2.33. The number of hydrogen-bond donors (Lipinski definition) is 2. The fourth-order valence-electron chi connectivity index (χ4n) is 2.87. The van der Waals surface area contributed by atoms with Crippen molar-refractivity contribution in [1.82, 2.24) is 9.88 Å². The normalized spacial score (nSPS) is 12.4. The van der Waals surface area contributed by atoms with Crippen LogP contribution in [0.5, 0.6) is 11.5 Å². The molecule has 1 aromatic carbocycles. The van der Waals surface area contributed by atoms with Gasteiger partial charge in [0.1, 0.15) is 5.82 Å². The number of methoxy groups -OCH3 is 3. The molecule has 0 fully saturated rings. The first-order chi connectivity index (χ1) is 12.8. The van der Waals surface area contributed by atoms with Gasteiger partial charge in [0.25, 0.3) is 17.4 Å². The number of esters is 1. The lowest BCUT2D eigenvalue weighted by Crippen LogP contribution is -2.25. The lowest BCUT2D eigenvalue weighted by atomic mass is 10.1. The number of pyridine rings is 1. The second-order valence-corrected chi connectivity index (χ2v) is 5.50. The molecule has 0 aliphatic carbocycles. The summed E-state index contributed by atoms with van der Waals surface area (Å²) >= 11 is 0. The van der Waals surface area contributed by atoms with Gasteiger partial charge in [-0.25, -0.2) is 4.79 Å². The van der Waals surface area contributed by atoms with Crippen LogP contribution in [0.2, 0.25) is 0 Å². The fourth-order valence-corrected chi connectivity index (χ4v) is 2.87. The molecule has 2 amide bonds. The van der Waals surface area contributed by atoms with Crippen molar-refractivity contribution < 1.29 is 28.6 Å². The molecule has 3 rings (SSSR count). The van der Waals surface area contributed by atoms with E-state index in [4.69, 9.17) is 19.9 Å². The molecule has 0 bridgehead atoms. The summed E-state index contributed by atoms with van der Waals surface area (Å²) in [5, 5.41) is 2.08. The number of hydrogen-bond acceptors (Lipinski definition) is 8. The summed E-state index contributed by atoms with van der Waals surface area (Å²) in [5.74, 6) is -2.15. The fraction of sp³-hybridized carbons (Fsp3) is 0.176. The van der Waals surface area contributed by atoms with E-state index < -0.39 is 23.3 Å². The van der Waals surface area contributed by atoms with Crippen LogP contribution >= 0.6 is 0 Å². The number of fused-ring (bicyclic) bond motifs is 1. The van der Waals surface area contributed by atoms with Crippen LogP contribution < -0.4 is 26.1 Å². The second-order valence-electron chi connectivity index (χ2n) is 5.50. The SMILES string of the molecule is COC(=O)c1cc(OC)c(OC)c(-n2c(N)c3c(cc2=O)C(=O)NC3=O)c1. The Morgan fingerprint density at radius 3 is 2.33 bits per heavy atom. The number of ether oxygens (including phenoxy) is 3. The highest BCUT2D eigenvalue weighted by Crippen LogP contribution is 2.36. The molecule has 2 heterocycles. The molecule has 0 radical (unpaired) electrons. The highest BCUT2D eigenvalue weighted by molar-refractivity contribution is 6.23. The van der Waals surface area contributed by atoms with E-state index in [-0.39, 0.29) is 39.7 Å². The molecular formula is C17H15N3O7. The van der Waals surface area contributed by atoms with Crippen LogP contribution in [-0.2, 0) is 4.74 Å². The molecule has 0 unspecified atom stereocenters. The van der Waals surface area contributed by atoms with Crippen LogP contribution in [-0.4, -0.2) is 43.7 Å². The monoisotopic (exact) mass is 373 g/mol. The number of anilines is 1. The topological polar surface area (TPSA) is 139 Å². The third-order valence-electron chi connectivity index (χ3n) is 4.07. The Hall–Kier alpha value is -3.82. The number of imide groups is 1. The summed E-state index contributed by atoms with van der Waals surface area (Å²) in [4.78, 5) is 48.4. The predicted molar refractivity (Wildman–Crippen MR) is 92.7 cm³/mol. The third-order valence-corrected chi connectivity index (χ3v) is 4.07. The Morgan fingerprint density at radius 2 is 1.74 bits per heavy atom. The number of carbonyl (C=O) groups is 3. The summed E-state index contributed by atoms with van der Waals surface area (Å²) in [5.41, 5.74) is 5.20. The van der Waals surface area contributed by atoms with Gasteiger partial charge in [-0.1, -0.05) is 0 Å². The van der Waals surface area contributed by atoms with Crippen LogP contribution in [0.3, 0.4) is 0 Å². The van der Waals surface area contributed by atoms with Crippen molar-refractivity contribution >= 4 is 23.6 Å². The lowest BCUT2D eigenvalue weighted by molar-refractivity contribution is 0.0599.